The van der Waals surface area contributed by atoms with Crippen molar-refractivity contribution >= 4 is 15.7 Å². The zero-order valence-electron chi connectivity index (χ0n) is 9.36. The van der Waals surface area contributed by atoms with Crippen molar-refractivity contribution in [3.63, 3.8) is 0 Å². The van der Waals surface area contributed by atoms with Crippen molar-refractivity contribution in [3.8, 4) is 0 Å². The molecule has 0 fully saturated rings. The van der Waals surface area contributed by atoms with Crippen LogP contribution in [0.3, 0.4) is 0 Å². The number of benzene rings is 1. The molecule has 90 valence electrons. The zero-order valence-corrected chi connectivity index (χ0v) is 10.2. The molecular weight excluding hydrogens is 228 g/mol. The molecule has 1 rings (SSSR count). The van der Waals surface area contributed by atoms with Crippen molar-refractivity contribution in [1.29, 1.82) is 0 Å². The fourth-order valence-electron chi connectivity index (χ4n) is 1.26. The minimum atomic E-state index is -3.50. The van der Waals surface area contributed by atoms with Gasteiger partial charge in [-0.15, -0.1) is 0 Å². The summed E-state index contributed by atoms with van der Waals surface area (Å²) in [5.74, 6) is 0. The van der Waals surface area contributed by atoms with E-state index in [1.165, 1.54) is 13.2 Å². The predicted octanol–water partition coefficient (Wildman–Crippen LogP) is 0.502. The van der Waals surface area contributed by atoms with Gasteiger partial charge in [-0.3, -0.25) is 0 Å². The maximum atomic E-state index is 11.9. The number of methoxy groups -OCH3 is 1. The van der Waals surface area contributed by atoms with E-state index in [-0.39, 0.29) is 11.4 Å². The Morgan fingerprint density at radius 1 is 1.44 bits per heavy atom. The first-order valence-corrected chi connectivity index (χ1v) is 6.30. The highest BCUT2D eigenvalue weighted by molar-refractivity contribution is 7.89. The van der Waals surface area contributed by atoms with Crippen LogP contribution in [0.1, 0.15) is 5.56 Å². The second kappa shape index (κ2) is 5.29. The van der Waals surface area contributed by atoms with E-state index in [1.54, 1.807) is 19.1 Å². The van der Waals surface area contributed by atoms with E-state index >= 15 is 0 Å². The quantitative estimate of drug-likeness (QED) is 0.584. The van der Waals surface area contributed by atoms with Crippen LogP contribution in [0.2, 0.25) is 0 Å². The average molecular weight is 244 g/mol. The Hall–Kier alpha value is -1.11. The first-order chi connectivity index (χ1) is 7.47. The van der Waals surface area contributed by atoms with Gasteiger partial charge in [0, 0.05) is 19.3 Å². The summed E-state index contributed by atoms with van der Waals surface area (Å²) in [6, 6.07) is 4.80. The number of sulfonamides is 1. The molecule has 0 heterocycles. The van der Waals surface area contributed by atoms with Gasteiger partial charge in [0.05, 0.1) is 11.5 Å². The molecular formula is C10H16N2O3S. The molecule has 0 unspecified atom stereocenters. The minimum Gasteiger partial charge on any atom is -0.399 e. The van der Waals surface area contributed by atoms with Crippen molar-refractivity contribution in [2.75, 3.05) is 26.0 Å². The Bertz CT molecular complexity index is 457. The summed E-state index contributed by atoms with van der Waals surface area (Å²) in [6.07, 6.45) is 0. The largest absolute Gasteiger partial charge is 0.399 e. The van der Waals surface area contributed by atoms with Gasteiger partial charge in [-0.2, -0.15) is 0 Å². The molecule has 0 radical (unpaired) electrons. The molecule has 0 spiro atoms. The predicted molar refractivity (Wildman–Crippen MR) is 62.7 cm³/mol. The Kier molecular flexibility index (Phi) is 4.28. The Morgan fingerprint density at radius 2 is 2.12 bits per heavy atom. The second-order valence-corrected chi connectivity index (χ2v) is 5.15. The van der Waals surface area contributed by atoms with Crippen LogP contribution in [0.15, 0.2) is 23.1 Å². The second-order valence-electron chi connectivity index (χ2n) is 3.42. The highest BCUT2D eigenvalue weighted by Crippen LogP contribution is 2.17. The highest BCUT2D eigenvalue weighted by Gasteiger charge is 2.16. The summed E-state index contributed by atoms with van der Waals surface area (Å²) >= 11 is 0. The van der Waals surface area contributed by atoms with Crippen LogP contribution >= 0.6 is 0 Å². The van der Waals surface area contributed by atoms with E-state index < -0.39 is 10.0 Å². The Morgan fingerprint density at radius 3 is 2.75 bits per heavy atom. The van der Waals surface area contributed by atoms with Crippen LogP contribution in [0.25, 0.3) is 0 Å². The molecule has 0 aliphatic carbocycles. The third-order valence-electron chi connectivity index (χ3n) is 2.10. The van der Waals surface area contributed by atoms with E-state index in [1.807, 2.05) is 0 Å². The monoisotopic (exact) mass is 244 g/mol. The highest BCUT2D eigenvalue weighted by atomic mass is 32.2. The van der Waals surface area contributed by atoms with Crippen LogP contribution in [0, 0.1) is 6.92 Å². The van der Waals surface area contributed by atoms with Gasteiger partial charge in [0.1, 0.15) is 0 Å². The SMILES string of the molecule is COCCNS(=O)(=O)c1cc(N)ccc1C. The van der Waals surface area contributed by atoms with Crippen molar-refractivity contribution in [2.24, 2.45) is 0 Å². The number of nitrogens with one attached hydrogen (secondary N) is 1. The summed E-state index contributed by atoms with van der Waals surface area (Å²) in [6.45, 7) is 2.30. The standard InChI is InChI=1S/C10H16N2O3S/c1-8-3-4-9(11)7-10(8)16(13,14)12-5-6-15-2/h3-4,7,12H,5-6,11H2,1-2H3. The smallest absolute Gasteiger partial charge is 0.240 e. The molecule has 0 aliphatic rings. The molecule has 1 aromatic carbocycles. The van der Waals surface area contributed by atoms with Gasteiger partial charge in [0.15, 0.2) is 0 Å². The van der Waals surface area contributed by atoms with Gasteiger partial charge >= 0.3 is 0 Å². The molecule has 0 amide bonds. The molecule has 0 aromatic heterocycles. The normalized spacial score (nSPS) is 11.6. The van der Waals surface area contributed by atoms with E-state index in [0.29, 0.717) is 17.9 Å². The first kappa shape index (κ1) is 13.0. The molecule has 0 saturated heterocycles. The summed E-state index contributed by atoms with van der Waals surface area (Å²) in [4.78, 5) is 0.212. The van der Waals surface area contributed by atoms with Crippen LogP contribution in [0.5, 0.6) is 0 Å². The van der Waals surface area contributed by atoms with Crippen LogP contribution in [-0.2, 0) is 14.8 Å². The maximum absolute atomic E-state index is 11.9. The van der Waals surface area contributed by atoms with Crippen LogP contribution in [-0.4, -0.2) is 28.7 Å². The lowest BCUT2D eigenvalue weighted by molar-refractivity contribution is 0.204. The number of hydrogen-bond acceptors (Lipinski definition) is 4. The molecule has 16 heavy (non-hydrogen) atoms. The number of rotatable bonds is 5. The van der Waals surface area contributed by atoms with Gasteiger partial charge in [-0.05, 0) is 24.6 Å². The number of anilines is 1. The molecule has 0 saturated carbocycles. The molecule has 6 heteroatoms. The topological polar surface area (TPSA) is 81.4 Å². The lowest BCUT2D eigenvalue weighted by Gasteiger charge is -2.09. The van der Waals surface area contributed by atoms with Crippen LogP contribution < -0.4 is 10.5 Å². The summed E-state index contributed by atoms with van der Waals surface area (Å²) in [5.41, 5.74) is 6.66. The van der Waals surface area contributed by atoms with Gasteiger partial charge in [0.2, 0.25) is 10.0 Å². The molecule has 1 aromatic rings. The molecule has 0 aliphatic heterocycles. The molecule has 0 atom stereocenters. The number of aryl methyl sites for hydroxylation is 1. The first-order valence-electron chi connectivity index (χ1n) is 4.82. The van der Waals surface area contributed by atoms with Crippen molar-refractivity contribution in [1.82, 2.24) is 4.72 Å². The van der Waals surface area contributed by atoms with Crippen molar-refractivity contribution in [2.45, 2.75) is 11.8 Å². The summed E-state index contributed by atoms with van der Waals surface area (Å²) < 4.78 is 30.9. The van der Waals surface area contributed by atoms with Crippen molar-refractivity contribution in [3.05, 3.63) is 23.8 Å². The Balaban J connectivity index is 2.93. The number of nitrogens with two attached hydrogens (primary N) is 1. The van der Waals surface area contributed by atoms with E-state index in [0.717, 1.165) is 0 Å². The maximum Gasteiger partial charge on any atom is 0.240 e. The lowest BCUT2D eigenvalue weighted by Crippen LogP contribution is -2.27. The van der Waals surface area contributed by atoms with Gasteiger partial charge in [0.25, 0.3) is 0 Å². The van der Waals surface area contributed by atoms with E-state index in [4.69, 9.17) is 10.5 Å². The van der Waals surface area contributed by atoms with Crippen molar-refractivity contribution < 1.29 is 13.2 Å². The number of hydrogen-bond donors (Lipinski definition) is 2. The molecule has 5 nitrogen and oxygen atoms in total. The van der Waals surface area contributed by atoms with Gasteiger partial charge in [-0.1, -0.05) is 6.07 Å². The fraction of sp³-hybridized carbons (Fsp3) is 0.400. The minimum absolute atomic E-state index is 0.212. The summed E-state index contributed by atoms with van der Waals surface area (Å²) in [7, 11) is -1.98. The molecule has 3 N–H and O–H groups in total. The lowest BCUT2D eigenvalue weighted by atomic mass is 10.2. The third kappa shape index (κ3) is 3.19. The molecule has 0 bridgehead atoms. The number of nitrogen functional groups attached to an aromatic ring is 1. The summed E-state index contributed by atoms with van der Waals surface area (Å²) in [5, 5.41) is 0. The van der Waals surface area contributed by atoms with Gasteiger partial charge < -0.3 is 10.5 Å². The fourth-order valence-corrected chi connectivity index (χ4v) is 2.55. The van der Waals surface area contributed by atoms with Gasteiger partial charge in [-0.25, -0.2) is 13.1 Å². The van der Waals surface area contributed by atoms with E-state index in [2.05, 4.69) is 4.72 Å². The Labute approximate surface area is 95.7 Å². The zero-order chi connectivity index (χ0) is 12.2. The van der Waals surface area contributed by atoms with Crippen LogP contribution in [0.4, 0.5) is 5.69 Å². The third-order valence-corrected chi connectivity index (χ3v) is 3.70. The average Bonchev–Trinajstić information content (AvgIpc) is 2.22. The number of ether oxygens (including phenoxy) is 1. The van der Waals surface area contributed by atoms with E-state index in [9.17, 15) is 8.42 Å².